The fraction of sp³-hybridized carbons (Fsp3) is 0.200. The lowest BCUT2D eigenvalue weighted by molar-refractivity contribution is -0.0456. The first kappa shape index (κ1) is 5.18. The lowest BCUT2D eigenvalue weighted by atomic mass is 10.7. The van der Waals surface area contributed by atoms with Crippen molar-refractivity contribution in [3.63, 3.8) is 0 Å². The smallest absolute Gasteiger partial charge is 0.0643 e. The van der Waals surface area contributed by atoms with Crippen molar-refractivity contribution in [3.8, 4) is 0 Å². The minimum atomic E-state index is 1.59. The maximum absolute atomic E-state index is 4.81. The standard InChI is InChI=1S/C5H8N2O/c1-8-7-4-2-6-3-5-7/h2-6H,1H3. The zero-order valence-corrected chi connectivity index (χ0v) is 4.66. The summed E-state index contributed by atoms with van der Waals surface area (Å²) in [4.78, 5) is 4.81. The summed E-state index contributed by atoms with van der Waals surface area (Å²) in [5, 5.41) is 4.46. The number of hydrogen-bond acceptors (Lipinski definition) is 3. The Balaban J connectivity index is 2.42. The van der Waals surface area contributed by atoms with Crippen molar-refractivity contribution in [2.75, 3.05) is 7.11 Å². The quantitative estimate of drug-likeness (QED) is 0.531. The molecule has 0 aliphatic carbocycles. The highest BCUT2D eigenvalue weighted by molar-refractivity contribution is 4.94. The van der Waals surface area contributed by atoms with Crippen LogP contribution in [0.5, 0.6) is 0 Å². The van der Waals surface area contributed by atoms with Gasteiger partial charge in [0.25, 0.3) is 0 Å². The lowest BCUT2D eigenvalue weighted by Gasteiger charge is -2.13. The Bertz CT molecular complexity index is 108. The first-order valence-electron chi connectivity index (χ1n) is 2.35. The van der Waals surface area contributed by atoms with Gasteiger partial charge in [-0.25, -0.2) is 5.06 Å². The topological polar surface area (TPSA) is 24.5 Å². The van der Waals surface area contributed by atoms with Crippen LogP contribution in [0.3, 0.4) is 0 Å². The Kier molecular flexibility index (Phi) is 1.54. The van der Waals surface area contributed by atoms with E-state index in [0.717, 1.165) is 0 Å². The molecular weight excluding hydrogens is 104 g/mol. The monoisotopic (exact) mass is 112 g/mol. The van der Waals surface area contributed by atoms with Gasteiger partial charge in [0.2, 0.25) is 0 Å². The molecule has 3 nitrogen and oxygen atoms in total. The van der Waals surface area contributed by atoms with Gasteiger partial charge in [-0.1, -0.05) is 0 Å². The molecule has 0 saturated carbocycles. The third-order valence-corrected chi connectivity index (χ3v) is 0.846. The van der Waals surface area contributed by atoms with E-state index in [-0.39, 0.29) is 0 Å². The van der Waals surface area contributed by atoms with Gasteiger partial charge >= 0.3 is 0 Å². The minimum Gasteiger partial charge on any atom is -0.365 e. The van der Waals surface area contributed by atoms with E-state index in [4.69, 9.17) is 4.84 Å². The van der Waals surface area contributed by atoms with Crippen molar-refractivity contribution >= 4 is 0 Å². The van der Waals surface area contributed by atoms with Crippen LogP contribution in [0.4, 0.5) is 0 Å². The fourth-order valence-corrected chi connectivity index (χ4v) is 0.460. The molecule has 1 rings (SSSR count). The predicted molar refractivity (Wildman–Crippen MR) is 30.3 cm³/mol. The van der Waals surface area contributed by atoms with Crippen LogP contribution >= 0.6 is 0 Å². The van der Waals surface area contributed by atoms with Gasteiger partial charge in [0, 0.05) is 24.8 Å². The first-order valence-corrected chi connectivity index (χ1v) is 2.35. The van der Waals surface area contributed by atoms with E-state index in [0.29, 0.717) is 0 Å². The summed E-state index contributed by atoms with van der Waals surface area (Å²) in [6, 6.07) is 0. The van der Waals surface area contributed by atoms with Crippen LogP contribution in [-0.2, 0) is 4.84 Å². The van der Waals surface area contributed by atoms with Crippen molar-refractivity contribution in [1.29, 1.82) is 0 Å². The molecule has 3 heteroatoms. The summed E-state index contributed by atoms with van der Waals surface area (Å²) in [6.45, 7) is 0. The van der Waals surface area contributed by atoms with Crippen molar-refractivity contribution in [3.05, 3.63) is 24.8 Å². The van der Waals surface area contributed by atoms with Crippen molar-refractivity contribution in [2.24, 2.45) is 0 Å². The van der Waals surface area contributed by atoms with Gasteiger partial charge < -0.3 is 5.32 Å². The molecule has 44 valence electrons. The van der Waals surface area contributed by atoms with Crippen LogP contribution in [0.25, 0.3) is 0 Å². The third-order valence-electron chi connectivity index (χ3n) is 0.846. The van der Waals surface area contributed by atoms with Gasteiger partial charge in [-0.15, -0.1) is 0 Å². The van der Waals surface area contributed by atoms with E-state index in [1.54, 1.807) is 37.0 Å². The molecule has 0 spiro atoms. The molecule has 0 aromatic carbocycles. The van der Waals surface area contributed by atoms with E-state index < -0.39 is 0 Å². The zero-order valence-electron chi connectivity index (χ0n) is 4.66. The van der Waals surface area contributed by atoms with E-state index >= 15 is 0 Å². The zero-order chi connectivity index (χ0) is 5.82. The van der Waals surface area contributed by atoms with Gasteiger partial charge in [0.1, 0.15) is 0 Å². The Hall–Kier alpha value is -0.960. The molecule has 0 unspecified atom stereocenters. The Morgan fingerprint density at radius 1 is 1.38 bits per heavy atom. The fourth-order valence-electron chi connectivity index (χ4n) is 0.460. The van der Waals surface area contributed by atoms with Crippen LogP contribution in [-0.4, -0.2) is 12.2 Å². The average molecular weight is 112 g/mol. The van der Waals surface area contributed by atoms with Gasteiger partial charge in [0.05, 0.1) is 7.11 Å². The largest absolute Gasteiger partial charge is 0.365 e. The summed E-state index contributed by atoms with van der Waals surface area (Å²) < 4.78 is 0. The van der Waals surface area contributed by atoms with Gasteiger partial charge in [-0.2, -0.15) is 0 Å². The van der Waals surface area contributed by atoms with Crippen molar-refractivity contribution in [2.45, 2.75) is 0 Å². The van der Waals surface area contributed by atoms with E-state index in [2.05, 4.69) is 5.32 Å². The molecule has 0 saturated heterocycles. The first-order chi connectivity index (χ1) is 3.93. The molecule has 0 bridgehead atoms. The highest BCUT2D eigenvalue weighted by Crippen LogP contribution is 1.92. The molecular formula is C5H8N2O. The second kappa shape index (κ2) is 2.37. The van der Waals surface area contributed by atoms with Crippen LogP contribution in [0.1, 0.15) is 0 Å². The van der Waals surface area contributed by atoms with Crippen molar-refractivity contribution < 1.29 is 4.84 Å². The summed E-state index contributed by atoms with van der Waals surface area (Å²) >= 11 is 0. The summed E-state index contributed by atoms with van der Waals surface area (Å²) in [5.74, 6) is 0. The molecule has 1 N–H and O–H groups in total. The highest BCUT2D eigenvalue weighted by atomic mass is 16.7. The highest BCUT2D eigenvalue weighted by Gasteiger charge is 1.89. The van der Waals surface area contributed by atoms with Crippen LogP contribution in [0.15, 0.2) is 24.8 Å². The number of nitrogens with one attached hydrogen (secondary N) is 1. The molecule has 1 heterocycles. The summed E-state index contributed by atoms with van der Waals surface area (Å²) in [6.07, 6.45) is 7.12. The number of hydrogen-bond donors (Lipinski definition) is 1. The second-order valence-corrected chi connectivity index (χ2v) is 1.34. The molecule has 1 aliphatic heterocycles. The minimum absolute atomic E-state index is 1.59. The summed E-state index contributed by atoms with van der Waals surface area (Å²) in [5.41, 5.74) is 0. The number of nitrogens with zero attached hydrogens (tertiary/aromatic N) is 1. The Morgan fingerprint density at radius 2 is 2.00 bits per heavy atom. The molecule has 0 aromatic heterocycles. The maximum atomic E-state index is 4.81. The molecule has 0 aromatic rings. The Labute approximate surface area is 48.2 Å². The SMILES string of the molecule is CON1C=CNC=C1. The third kappa shape index (κ3) is 1.01. The summed E-state index contributed by atoms with van der Waals surface area (Å²) in [7, 11) is 1.61. The molecule has 0 amide bonds. The van der Waals surface area contributed by atoms with Crippen molar-refractivity contribution in [1.82, 2.24) is 10.4 Å². The normalized spacial score (nSPS) is 16.4. The molecule has 0 fully saturated rings. The van der Waals surface area contributed by atoms with Crippen LogP contribution < -0.4 is 5.32 Å². The van der Waals surface area contributed by atoms with E-state index in [1.165, 1.54) is 0 Å². The molecule has 8 heavy (non-hydrogen) atoms. The number of hydroxylamine groups is 2. The average Bonchev–Trinajstić information content (AvgIpc) is 1.90. The van der Waals surface area contributed by atoms with Crippen LogP contribution in [0.2, 0.25) is 0 Å². The Morgan fingerprint density at radius 3 is 2.38 bits per heavy atom. The lowest BCUT2D eigenvalue weighted by Crippen LogP contribution is -2.13. The maximum Gasteiger partial charge on any atom is 0.0643 e. The van der Waals surface area contributed by atoms with Gasteiger partial charge in [0.15, 0.2) is 0 Å². The second-order valence-electron chi connectivity index (χ2n) is 1.34. The van der Waals surface area contributed by atoms with Gasteiger partial charge in [-0.3, -0.25) is 4.84 Å². The van der Waals surface area contributed by atoms with Gasteiger partial charge in [-0.05, 0) is 0 Å². The molecule has 1 aliphatic rings. The van der Waals surface area contributed by atoms with Crippen LogP contribution in [0, 0.1) is 0 Å². The molecule has 0 atom stereocenters. The predicted octanol–water partition coefficient (Wildman–Crippen LogP) is 0.395. The van der Waals surface area contributed by atoms with E-state index in [1.807, 2.05) is 0 Å². The number of rotatable bonds is 1. The van der Waals surface area contributed by atoms with E-state index in [9.17, 15) is 0 Å². The molecule has 0 radical (unpaired) electrons.